The number of hydrogen-bond acceptors (Lipinski definition) is 7. The molecule has 3 aromatic heterocycles. The second kappa shape index (κ2) is 6.47. The second-order valence-corrected chi connectivity index (χ2v) is 9.81. The molecule has 2 aliphatic carbocycles. The van der Waals surface area contributed by atoms with Gasteiger partial charge in [-0.3, -0.25) is 0 Å². The van der Waals surface area contributed by atoms with Gasteiger partial charge in [-0.2, -0.15) is 0 Å². The van der Waals surface area contributed by atoms with E-state index in [1.165, 1.54) is 16.6 Å². The van der Waals surface area contributed by atoms with Gasteiger partial charge in [0.2, 0.25) is 0 Å². The molecule has 30 heavy (non-hydrogen) atoms. The smallest absolute Gasteiger partial charge is 0.145 e. The minimum absolute atomic E-state index is 0.207. The van der Waals surface area contributed by atoms with E-state index in [9.17, 15) is 10.2 Å². The zero-order valence-electron chi connectivity index (χ0n) is 16.3. The van der Waals surface area contributed by atoms with Crippen LogP contribution < -0.4 is 5.73 Å². The van der Waals surface area contributed by atoms with E-state index in [2.05, 4.69) is 33.2 Å². The van der Waals surface area contributed by atoms with Crippen LogP contribution in [0.1, 0.15) is 30.9 Å². The fraction of sp³-hybridized carbons (Fsp3) is 0.409. The topological polar surface area (TPSA) is 110 Å². The van der Waals surface area contributed by atoms with E-state index in [0.29, 0.717) is 17.4 Å². The fourth-order valence-electron chi connectivity index (χ4n) is 5.75. The summed E-state index contributed by atoms with van der Waals surface area (Å²) in [6, 6.07) is 8.16. The molecule has 4 aromatic rings. The van der Waals surface area contributed by atoms with E-state index in [1.54, 1.807) is 11.3 Å². The normalized spacial score (nSPS) is 31.0. The molecule has 3 atom stereocenters. The molecule has 0 saturated heterocycles. The highest BCUT2D eigenvalue weighted by Crippen LogP contribution is 2.60. The predicted molar refractivity (Wildman–Crippen MR) is 116 cm³/mol. The second-order valence-electron chi connectivity index (χ2n) is 8.92. The molecule has 0 unspecified atom stereocenters. The highest BCUT2D eigenvalue weighted by atomic mass is 32.1. The van der Waals surface area contributed by atoms with Gasteiger partial charge in [-0.05, 0) is 55.4 Å². The Bertz CT molecular complexity index is 1240. The van der Waals surface area contributed by atoms with Crippen LogP contribution in [0.15, 0.2) is 42.3 Å². The molecule has 4 N–H and O–H groups in total. The summed E-state index contributed by atoms with van der Waals surface area (Å²) in [5.41, 5.74) is 10.7. The molecule has 3 heterocycles. The van der Waals surface area contributed by atoms with Gasteiger partial charge in [-0.25, -0.2) is 15.0 Å². The third-order valence-electron chi connectivity index (χ3n) is 7.17. The SMILES string of the molecule is Nc1ncnc2c1ccn2[C@@H]1C[C@]2(C[C@H](Cc3ccc4ncsc4c3)C2)[C@@H](O)[C@H]1O. The number of nitrogen functional groups attached to an aromatic ring is 1. The Morgan fingerprint density at radius 2 is 2.00 bits per heavy atom. The van der Waals surface area contributed by atoms with Crippen LogP contribution in [-0.4, -0.2) is 41.9 Å². The van der Waals surface area contributed by atoms with Crippen LogP contribution in [0.25, 0.3) is 21.3 Å². The number of anilines is 1. The Labute approximate surface area is 177 Å². The molecule has 7 nitrogen and oxygen atoms in total. The summed E-state index contributed by atoms with van der Waals surface area (Å²) < 4.78 is 3.18. The number of aromatic nitrogens is 4. The van der Waals surface area contributed by atoms with Crippen LogP contribution in [-0.2, 0) is 6.42 Å². The molecule has 1 aromatic carbocycles. The average Bonchev–Trinajstić information content (AvgIpc) is 3.41. The summed E-state index contributed by atoms with van der Waals surface area (Å²) in [6.07, 6.45) is 5.41. The largest absolute Gasteiger partial charge is 0.390 e. The number of nitrogens with two attached hydrogens (primary N) is 1. The lowest BCUT2D eigenvalue weighted by atomic mass is 9.58. The Balaban J connectivity index is 1.21. The van der Waals surface area contributed by atoms with Gasteiger partial charge >= 0.3 is 0 Å². The van der Waals surface area contributed by atoms with Crippen molar-refractivity contribution in [1.29, 1.82) is 0 Å². The van der Waals surface area contributed by atoms with Crippen LogP contribution >= 0.6 is 11.3 Å². The molecular formula is C22H23N5O2S. The van der Waals surface area contributed by atoms with Gasteiger partial charge < -0.3 is 20.5 Å². The summed E-state index contributed by atoms with van der Waals surface area (Å²) in [4.78, 5) is 12.8. The van der Waals surface area contributed by atoms with Crippen molar-refractivity contribution in [3.05, 3.63) is 47.9 Å². The van der Waals surface area contributed by atoms with Crippen LogP contribution in [0.3, 0.4) is 0 Å². The number of thiazole rings is 1. The first-order chi connectivity index (χ1) is 14.5. The van der Waals surface area contributed by atoms with Crippen molar-refractivity contribution in [2.45, 2.75) is 43.9 Å². The van der Waals surface area contributed by atoms with Gasteiger partial charge in [0, 0.05) is 11.6 Å². The zero-order valence-corrected chi connectivity index (χ0v) is 17.2. The molecular weight excluding hydrogens is 398 g/mol. The average molecular weight is 422 g/mol. The van der Waals surface area contributed by atoms with E-state index >= 15 is 0 Å². The first-order valence-corrected chi connectivity index (χ1v) is 11.2. The van der Waals surface area contributed by atoms with Crippen molar-refractivity contribution in [2.75, 3.05) is 5.73 Å². The number of nitrogens with zero attached hydrogens (tertiary/aromatic N) is 4. The molecule has 154 valence electrons. The van der Waals surface area contributed by atoms with E-state index in [0.717, 1.165) is 36.6 Å². The van der Waals surface area contributed by atoms with Crippen LogP contribution in [0.2, 0.25) is 0 Å². The van der Waals surface area contributed by atoms with Crippen molar-refractivity contribution < 1.29 is 10.2 Å². The maximum atomic E-state index is 10.9. The maximum Gasteiger partial charge on any atom is 0.145 e. The maximum absolute atomic E-state index is 10.9. The van der Waals surface area contributed by atoms with E-state index in [1.807, 2.05) is 22.3 Å². The van der Waals surface area contributed by atoms with Gasteiger partial charge in [-0.15, -0.1) is 11.3 Å². The Kier molecular flexibility index (Phi) is 3.93. The highest BCUT2D eigenvalue weighted by Gasteiger charge is 2.59. The lowest BCUT2D eigenvalue weighted by molar-refractivity contribution is -0.0841. The molecule has 0 amide bonds. The number of benzene rings is 1. The molecule has 1 spiro atoms. The van der Waals surface area contributed by atoms with Crippen molar-refractivity contribution in [3.8, 4) is 0 Å². The van der Waals surface area contributed by atoms with Crippen molar-refractivity contribution >= 4 is 38.4 Å². The fourth-order valence-corrected chi connectivity index (χ4v) is 6.49. The first-order valence-electron chi connectivity index (χ1n) is 10.3. The molecule has 6 rings (SSSR count). The number of rotatable bonds is 3. The zero-order chi connectivity index (χ0) is 20.5. The minimum Gasteiger partial charge on any atom is -0.390 e. The molecule has 2 saturated carbocycles. The quantitative estimate of drug-likeness (QED) is 0.469. The van der Waals surface area contributed by atoms with Crippen LogP contribution in [0.5, 0.6) is 0 Å². The minimum atomic E-state index is -0.814. The summed E-state index contributed by atoms with van der Waals surface area (Å²) in [5, 5.41) is 22.6. The van der Waals surface area contributed by atoms with Crippen LogP contribution in [0.4, 0.5) is 5.82 Å². The molecule has 2 aliphatic rings. The van der Waals surface area contributed by atoms with E-state index in [4.69, 9.17) is 5.73 Å². The first kappa shape index (κ1) is 18.2. The molecule has 2 fully saturated rings. The van der Waals surface area contributed by atoms with Gasteiger partial charge in [0.25, 0.3) is 0 Å². The Hall–Kier alpha value is -2.55. The third kappa shape index (κ3) is 2.60. The highest BCUT2D eigenvalue weighted by molar-refractivity contribution is 7.16. The lowest BCUT2D eigenvalue weighted by Crippen LogP contribution is -2.46. The van der Waals surface area contributed by atoms with Crippen molar-refractivity contribution in [3.63, 3.8) is 0 Å². The standard InChI is InChI=1S/C22H23N5O2S/c23-20-14-3-4-27(21(14)25-10-24-20)16-9-22(19(29)18(16)28)7-13(8-22)5-12-1-2-15-17(6-12)30-11-26-15/h1-4,6,10-11,13,16,18-19,28-29H,5,7-9H2,(H2,23,24,25)/t13-,16-,18+,19+,22+/m1/s1. The van der Waals surface area contributed by atoms with Gasteiger partial charge in [0.15, 0.2) is 0 Å². The summed E-state index contributed by atoms with van der Waals surface area (Å²) in [5.74, 6) is 0.957. The van der Waals surface area contributed by atoms with Gasteiger partial charge in [0.1, 0.15) is 23.9 Å². The van der Waals surface area contributed by atoms with Crippen molar-refractivity contribution in [1.82, 2.24) is 19.5 Å². The molecule has 0 aliphatic heterocycles. The number of aliphatic hydroxyl groups is 2. The van der Waals surface area contributed by atoms with Crippen LogP contribution in [0, 0.1) is 11.3 Å². The van der Waals surface area contributed by atoms with Crippen molar-refractivity contribution in [2.24, 2.45) is 11.3 Å². The molecule has 0 radical (unpaired) electrons. The van der Waals surface area contributed by atoms with E-state index in [-0.39, 0.29) is 11.5 Å². The number of fused-ring (bicyclic) bond motifs is 2. The van der Waals surface area contributed by atoms with Gasteiger partial charge in [-0.1, -0.05) is 6.07 Å². The monoisotopic (exact) mass is 421 g/mol. The summed E-state index contributed by atoms with van der Waals surface area (Å²) in [6.45, 7) is 0. The molecule has 8 heteroatoms. The van der Waals surface area contributed by atoms with E-state index < -0.39 is 12.2 Å². The number of hydrogen-bond donors (Lipinski definition) is 3. The lowest BCUT2D eigenvalue weighted by Gasteiger charge is -2.48. The summed E-state index contributed by atoms with van der Waals surface area (Å²) in [7, 11) is 0. The molecule has 0 bridgehead atoms. The van der Waals surface area contributed by atoms with Gasteiger partial charge in [0.05, 0.1) is 33.3 Å². The predicted octanol–water partition coefficient (Wildman–Crippen LogP) is 2.93. The number of aliphatic hydroxyl groups excluding tert-OH is 2. The Morgan fingerprint density at radius 3 is 2.87 bits per heavy atom. The summed E-state index contributed by atoms with van der Waals surface area (Å²) >= 11 is 1.67. The third-order valence-corrected chi connectivity index (χ3v) is 7.96. The Morgan fingerprint density at radius 1 is 1.13 bits per heavy atom.